The summed E-state index contributed by atoms with van der Waals surface area (Å²) in [5.41, 5.74) is 3.62. The average molecular weight is 279 g/mol. The predicted molar refractivity (Wildman–Crippen MR) is 83.2 cm³/mol. The summed E-state index contributed by atoms with van der Waals surface area (Å²) in [5.74, 6) is 0.670. The van der Waals surface area contributed by atoms with E-state index in [0.29, 0.717) is 5.56 Å². The van der Waals surface area contributed by atoms with Crippen LogP contribution < -0.4 is 5.32 Å². The Bertz CT molecular complexity index is 758. The third-order valence-corrected chi connectivity index (χ3v) is 3.45. The van der Waals surface area contributed by atoms with Gasteiger partial charge in [0, 0.05) is 5.56 Å². The number of imidazole rings is 1. The van der Waals surface area contributed by atoms with Gasteiger partial charge in [-0.1, -0.05) is 29.8 Å². The maximum atomic E-state index is 12.2. The monoisotopic (exact) mass is 279 g/mol. The van der Waals surface area contributed by atoms with E-state index >= 15 is 0 Å². The summed E-state index contributed by atoms with van der Waals surface area (Å²) < 4.78 is 0. The molecule has 2 aromatic carbocycles. The zero-order valence-corrected chi connectivity index (χ0v) is 12.1. The van der Waals surface area contributed by atoms with E-state index in [-0.39, 0.29) is 11.9 Å². The van der Waals surface area contributed by atoms with Crippen LogP contribution in [0.15, 0.2) is 48.5 Å². The van der Waals surface area contributed by atoms with Crippen LogP contribution in [0, 0.1) is 6.92 Å². The van der Waals surface area contributed by atoms with Gasteiger partial charge in [0.2, 0.25) is 0 Å². The molecule has 1 unspecified atom stereocenters. The second-order valence-corrected chi connectivity index (χ2v) is 5.20. The van der Waals surface area contributed by atoms with Crippen molar-refractivity contribution in [2.75, 3.05) is 0 Å². The highest BCUT2D eigenvalue weighted by Crippen LogP contribution is 2.16. The Morgan fingerprint density at radius 1 is 1.19 bits per heavy atom. The van der Waals surface area contributed by atoms with E-state index < -0.39 is 0 Å². The van der Waals surface area contributed by atoms with Gasteiger partial charge in [-0.05, 0) is 38.1 Å². The molecule has 1 atom stereocenters. The molecule has 2 N–H and O–H groups in total. The zero-order chi connectivity index (χ0) is 14.8. The van der Waals surface area contributed by atoms with E-state index in [1.807, 2.05) is 62.4 Å². The number of carbonyl (C=O) groups is 1. The lowest BCUT2D eigenvalue weighted by Crippen LogP contribution is -2.27. The number of carbonyl (C=O) groups excluding carboxylic acids is 1. The van der Waals surface area contributed by atoms with Crippen molar-refractivity contribution in [3.05, 3.63) is 65.5 Å². The quantitative estimate of drug-likeness (QED) is 0.772. The standard InChI is InChI=1S/C17H17N3O/c1-11-6-5-7-13(10-11)17(21)18-12(2)16-19-14-8-3-4-9-15(14)20-16/h3-10,12H,1-2H3,(H,18,21)(H,19,20). The molecule has 0 bridgehead atoms. The molecule has 1 heterocycles. The van der Waals surface area contributed by atoms with Crippen LogP contribution in [0.1, 0.15) is 34.7 Å². The summed E-state index contributed by atoms with van der Waals surface area (Å²) in [6, 6.07) is 15.2. The smallest absolute Gasteiger partial charge is 0.251 e. The van der Waals surface area contributed by atoms with E-state index in [9.17, 15) is 4.79 Å². The molecular weight excluding hydrogens is 262 g/mol. The third kappa shape index (κ3) is 2.79. The maximum Gasteiger partial charge on any atom is 0.251 e. The fraction of sp³-hybridized carbons (Fsp3) is 0.176. The molecule has 3 aromatic rings. The normalized spacial score (nSPS) is 12.3. The highest BCUT2D eigenvalue weighted by Gasteiger charge is 2.14. The van der Waals surface area contributed by atoms with Gasteiger partial charge >= 0.3 is 0 Å². The van der Waals surface area contributed by atoms with Gasteiger partial charge in [-0.15, -0.1) is 0 Å². The molecule has 4 nitrogen and oxygen atoms in total. The van der Waals surface area contributed by atoms with Crippen LogP contribution in [-0.2, 0) is 0 Å². The molecule has 1 aromatic heterocycles. The number of aromatic amines is 1. The summed E-state index contributed by atoms with van der Waals surface area (Å²) in [5, 5.41) is 2.97. The fourth-order valence-electron chi connectivity index (χ4n) is 2.31. The Labute approximate surface area is 123 Å². The summed E-state index contributed by atoms with van der Waals surface area (Å²) in [6.45, 7) is 3.89. The first kappa shape index (κ1) is 13.4. The van der Waals surface area contributed by atoms with Crippen molar-refractivity contribution < 1.29 is 4.79 Å². The molecule has 1 amide bonds. The third-order valence-electron chi connectivity index (χ3n) is 3.45. The number of hydrogen-bond acceptors (Lipinski definition) is 2. The molecule has 3 rings (SSSR count). The lowest BCUT2D eigenvalue weighted by Gasteiger charge is -2.11. The van der Waals surface area contributed by atoms with Gasteiger partial charge in [-0.25, -0.2) is 4.98 Å². The Hall–Kier alpha value is -2.62. The summed E-state index contributed by atoms with van der Waals surface area (Å²) >= 11 is 0. The highest BCUT2D eigenvalue weighted by atomic mass is 16.1. The number of rotatable bonds is 3. The van der Waals surface area contributed by atoms with Crippen LogP contribution in [0.2, 0.25) is 0 Å². The van der Waals surface area contributed by atoms with E-state index in [1.165, 1.54) is 0 Å². The molecule has 4 heteroatoms. The number of aryl methyl sites for hydroxylation is 1. The minimum absolute atomic E-state index is 0.0911. The molecule has 0 aliphatic heterocycles. The topological polar surface area (TPSA) is 57.8 Å². The van der Waals surface area contributed by atoms with Crippen molar-refractivity contribution in [1.82, 2.24) is 15.3 Å². The lowest BCUT2D eigenvalue weighted by molar-refractivity contribution is 0.0938. The van der Waals surface area contributed by atoms with Gasteiger partial charge < -0.3 is 10.3 Å². The number of nitrogens with zero attached hydrogens (tertiary/aromatic N) is 1. The van der Waals surface area contributed by atoms with Crippen molar-refractivity contribution in [2.24, 2.45) is 0 Å². The number of fused-ring (bicyclic) bond motifs is 1. The van der Waals surface area contributed by atoms with Gasteiger partial charge in [0.05, 0.1) is 17.1 Å². The van der Waals surface area contributed by atoms with Crippen molar-refractivity contribution in [2.45, 2.75) is 19.9 Å². The molecule has 0 aliphatic carbocycles. The van der Waals surface area contributed by atoms with Crippen LogP contribution in [0.3, 0.4) is 0 Å². The Balaban J connectivity index is 1.79. The molecule has 0 fully saturated rings. The fourth-order valence-corrected chi connectivity index (χ4v) is 2.31. The largest absolute Gasteiger partial charge is 0.342 e. The van der Waals surface area contributed by atoms with Crippen LogP contribution in [0.4, 0.5) is 0 Å². The number of benzene rings is 2. The lowest BCUT2D eigenvalue weighted by atomic mass is 10.1. The van der Waals surface area contributed by atoms with E-state index in [4.69, 9.17) is 0 Å². The molecule has 0 saturated heterocycles. The molecule has 21 heavy (non-hydrogen) atoms. The number of hydrogen-bond donors (Lipinski definition) is 2. The predicted octanol–water partition coefficient (Wildman–Crippen LogP) is 3.36. The minimum atomic E-state index is -0.176. The van der Waals surface area contributed by atoms with E-state index in [1.54, 1.807) is 0 Å². The summed E-state index contributed by atoms with van der Waals surface area (Å²) in [6.07, 6.45) is 0. The molecule has 0 aliphatic rings. The van der Waals surface area contributed by atoms with Gasteiger partial charge in [0.1, 0.15) is 5.82 Å². The van der Waals surface area contributed by atoms with Crippen LogP contribution >= 0.6 is 0 Å². The van der Waals surface area contributed by atoms with E-state index in [0.717, 1.165) is 22.4 Å². The SMILES string of the molecule is Cc1cccc(C(=O)NC(C)c2nc3ccccc3[nH]2)c1. The van der Waals surface area contributed by atoms with Crippen molar-refractivity contribution >= 4 is 16.9 Å². The van der Waals surface area contributed by atoms with E-state index in [2.05, 4.69) is 15.3 Å². The first-order chi connectivity index (χ1) is 10.1. The number of aromatic nitrogens is 2. The molecule has 0 radical (unpaired) electrons. The first-order valence-electron chi connectivity index (χ1n) is 6.95. The second kappa shape index (κ2) is 5.40. The molecular formula is C17H17N3O. The summed E-state index contributed by atoms with van der Waals surface area (Å²) in [7, 11) is 0. The molecule has 0 spiro atoms. The summed E-state index contributed by atoms with van der Waals surface area (Å²) in [4.78, 5) is 20.0. The Kier molecular flexibility index (Phi) is 3.44. The zero-order valence-electron chi connectivity index (χ0n) is 12.1. The van der Waals surface area contributed by atoms with Crippen LogP contribution in [0.5, 0.6) is 0 Å². The number of nitrogens with one attached hydrogen (secondary N) is 2. The van der Waals surface area contributed by atoms with Gasteiger partial charge in [-0.3, -0.25) is 4.79 Å². The first-order valence-corrected chi connectivity index (χ1v) is 6.95. The molecule has 0 saturated carbocycles. The Morgan fingerprint density at radius 3 is 2.76 bits per heavy atom. The maximum absolute atomic E-state index is 12.2. The van der Waals surface area contributed by atoms with Gasteiger partial charge in [-0.2, -0.15) is 0 Å². The second-order valence-electron chi connectivity index (χ2n) is 5.20. The number of amides is 1. The number of H-pyrrole nitrogens is 1. The van der Waals surface area contributed by atoms with Crippen LogP contribution in [-0.4, -0.2) is 15.9 Å². The molecule has 106 valence electrons. The highest BCUT2D eigenvalue weighted by molar-refractivity contribution is 5.94. The van der Waals surface area contributed by atoms with Gasteiger partial charge in [0.25, 0.3) is 5.91 Å². The van der Waals surface area contributed by atoms with Crippen molar-refractivity contribution in [3.63, 3.8) is 0 Å². The average Bonchev–Trinajstić information content (AvgIpc) is 2.91. The minimum Gasteiger partial charge on any atom is -0.342 e. The van der Waals surface area contributed by atoms with Gasteiger partial charge in [0.15, 0.2) is 0 Å². The van der Waals surface area contributed by atoms with Crippen molar-refractivity contribution in [1.29, 1.82) is 0 Å². The Morgan fingerprint density at radius 2 is 2.00 bits per heavy atom. The number of para-hydroxylation sites is 2. The van der Waals surface area contributed by atoms with Crippen molar-refractivity contribution in [3.8, 4) is 0 Å². The van der Waals surface area contributed by atoms with Crippen LogP contribution in [0.25, 0.3) is 11.0 Å².